The summed E-state index contributed by atoms with van der Waals surface area (Å²) in [5.41, 5.74) is 1.30. The Balaban J connectivity index is 1.83. The van der Waals surface area contributed by atoms with Gasteiger partial charge in [0, 0.05) is 37.3 Å². The van der Waals surface area contributed by atoms with Crippen molar-refractivity contribution >= 4 is 35.6 Å². The zero-order valence-electron chi connectivity index (χ0n) is 20.2. The smallest absolute Gasteiger partial charge is 0.264 e. The molecule has 0 unspecified atom stereocenters. The maximum absolute atomic E-state index is 13.5. The summed E-state index contributed by atoms with van der Waals surface area (Å²) in [6, 6.07) is 1.04. The molecule has 3 amide bonds. The fourth-order valence-corrected chi connectivity index (χ4v) is 4.72. The third-order valence-electron chi connectivity index (χ3n) is 6.50. The predicted octanol–water partition coefficient (Wildman–Crippen LogP) is 1.39. The van der Waals surface area contributed by atoms with Gasteiger partial charge in [-0.15, -0.1) is 0 Å². The number of phenolic OH excluding ortho intramolecular Hbond substituents is 1. The molecule has 0 radical (unpaired) electrons. The molecule has 10 nitrogen and oxygen atoms in total. The number of hydrogen-bond donors (Lipinski definition) is 2. The Hall–Kier alpha value is -3.56. The Labute approximate surface area is 203 Å². The van der Waals surface area contributed by atoms with Crippen LogP contribution in [0.1, 0.15) is 66.9 Å². The van der Waals surface area contributed by atoms with Gasteiger partial charge in [-0.05, 0) is 63.3 Å². The van der Waals surface area contributed by atoms with Crippen LogP contribution < -0.4 is 5.32 Å². The van der Waals surface area contributed by atoms with Gasteiger partial charge in [0.2, 0.25) is 5.91 Å². The molecule has 10 heteroatoms. The van der Waals surface area contributed by atoms with Crippen LogP contribution in [-0.4, -0.2) is 69.3 Å². The summed E-state index contributed by atoms with van der Waals surface area (Å²) in [4.78, 5) is 75.2. The molecule has 188 valence electrons. The van der Waals surface area contributed by atoms with Crippen molar-refractivity contribution in [3.8, 4) is 5.75 Å². The third kappa shape index (κ3) is 5.75. The monoisotopic (exact) mass is 485 g/mol. The summed E-state index contributed by atoms with van der Waals surface area (Å²) >= 11 is 0. The van der Waals surface area contributed by atoms with E-state index < -0.39 is 35.6 Å². The highest BCUT2D eigenvalue weighted by atomic mass is 16.3. The molecule has 2 aliphatic rings. The zero-order valence-corrected chi connectivity index (χ0v) is 20.2. The van der Waals surface area contributed by atoms with Crippen molar-refractivity contribution in [3.05, 3.63) is 28.8 Å². The number of amides is 3. The van der Waals surface area contributed by atoms with Crippen LogP contribution in [-0.2, 0) is 24.0 Å². The third-order valence-corrected chi connectivity index (χ3v) is 6.50. The molecular formula is C25H31N3O7. The molecule has 3 rings (SSSR count). The lowest BCUT2D eigenvalue weighted by Crippen LogP contribution is -2.62. The molecule has 1 aromatic rings. The topological polar surface area (TPSA) is 141 Å². The molecule has 2 saturated heterocycles. The van der Waals surface area contributed by atoms with Crippen molar-refractivity contribution in [2.45, 2.75) is 71.4 Å². The lowest BCUT2D eigenvalue weighted by Gasteiger charge is -2.43. The molecule has 0 saturated carbocycles. The number of hydrogen-bond acceptors (Lipinski definition) is 7. The van der Waals surface area contributed by atoms with Gasteiger partial charge in [0.1, 0.15) is 29.9 Å². The van der Waals surface area contributed by atoms with E-state index in [-0.39, 0.29) is 55.2 Å². The van der Waals surface area contributed by atoms with Crippen molar-refractivity contribution in [1.29, 1.82) is 0 Å². The Bertz CT molecular complexity index is 1040. The van der Waals surface area contributed by atoms with Crippen LogP contribution in [0.25, 0.3) is 0 Å². The van der Waals surface area contributed by atoms with Gasteiger partial charge in [0.05, 0.1) is 0 Å². The van der Waals surface area contributed by atoms with Gasteiger partial charge >= 0.3 is 0 Å². The van der Waals surface area contributed by atoms with Gasteiger partial charge in [-0.2, -0.15) is 0 Å². The number of ketones is 2. The van der Waals surface area contributed by atoms with Crippen molar-refractivity contribution in [1.82, 2.24) is 15.3 Å². The van der Waals surface area contributed by atoms with Gasteiger partial charge in [-0.25, -0.2) is 5.01 Å². The van der Waals surface area contributed by atoms with Crippen LogP contribution in [0.4, 0.5) is 0 Å². The molecule has 2 heterocycles. The van der Waals surface area contributed by atoms with Crippen LogP contribution >= 0.6 is 0 Å². The van der Waals surface area contributed by atoms with E-state index in [2.05, 4.69) is 5.32 Å². The number of aryl methyl sites for hydroxylation is 2. The SMILES string of the molecule is CC(=O)C[C@@H](C=O)CC(=O)[C@@H]1CCCN2C(=O)CC[C@H](NC(=O)c3cc(C)c(O)c(C)c3)C(=O)N12. The van der Waals surface area contributed by atoms with Crippen LogP contribution in [0.3, 0.4) is 0 Å². The minimum absolute atomic E-state index is 0.0169. The molecule has 2 fully saturated rings. The highest BCUT2D eigenvalue weighted by molar-refractivity contribution is 6.00. The Morgan fingerprint density at radius 2 is 1.80 bits per heavy atom. The lowest BCUT2D eigenvalue weighted by atomic mass is 9.92. The number of nitrogens with zero attached hydrogens (tertiary/aromatic N) is 2. The quantitative estimate of drug-likeness (QED) is 0.530. The van der Waals surface area contributed by atoms with E-state index in [9.17, 15) is 33.9 Å². The van der Waals surface area contributed by atoms with Gasteiger partial charge in [-0.1, -0.05) is 0 Å². The highest BCUT2D eigenvalue weighted by Crippen LogP contribution is 2.28. The number of carbonyl (C=O) groups is 6. The molecule has 1 aromatic carbocycles. The zero-order chi connectivity index (χ0) is 25.9. The second kappa shape index (κ2) is 10.8. The van der Waals surface area contributed by atoms with Gasteiger partial charge in [-0.3, -0.25) is 24.2 Å². The van der Waals surface area contributed by atoms with E-state index in [0.717, 1.165) is 5.01 Å². The van der Waals surface area contributed by atoms with Crippen molar-refractivity contribution in [2.75, 3.05) is 6.54 Å². The fourth-order valence-electron chi connectivity index (χ4n) is 4.72. The number of hydrazine groups is 1. The second-order valence-electron chi connectivity index (χ2n) is 9.35. The normalized spacial score (nSPS) is 21.1. The van der Waals surface area contributed by atoms with E-state index in [1.807, 2.05) is 0 Å². The van der Waals surface area contributed by atoms with E-state index in [1.165, 1.54) is 24.1 Å². The summed E-state index contributed by atoms with van der Waals surface area (Å²) in [5.74, 6) is -2.73. The van der Waals surface area contributed by atoms with Crippen LogP contribution in [0.2, 0.25) is 0 Å². The number of benzene rings is 1. The molecule has 0 bridgehead atoms. The van der Waals surface area contributed by atoms with Crippen LogP contribution in [0.15, 0.2) is 12.1 Å². The Kier molecular flexibility index (Phi) is 8.03. The van der Waals surface area contributed by atoms with Gasteiger partial charge < -0.3 is 20.0 Å². The number of rotatable bonds is 8. The molecule has 3 atom stereocenters. The number of aromatic hydroxyl groups is 1. The predicted molar refractivity (Wildman–Crippen MR) is 124 cm³/mol. The second-order valence-corrected chi connectivity index (χ2v) is 9.35. The average molecular weight is 486 g/mol. The first-order valence-corrected chi connectivity index (χ1v) is 11.7. The van der Waals surface area contributed by atoms with E-state index >= 15 is 0 Å². The standard InChI is InChI=1S/C25H31N3O7/c1-14-9-18(10-15(2)23(14)33)24(34)26-19-6-7-22(32)27-8-4-5-20(28(27)25(19)35)21(31)12-17(13-29)11-16(3)30/h9-10,13,17,19-20,33H,4-8,11-12H2,1-3H3,(H,26,34)/t17-,19+,20+/m1/s1. The molecule has 0 aliphatic carbocycles. The molecule has 0 spiro atoms. The molecule has 2 N–H and O–H groups in total. The molecule has 2 aliphatic heterocycles. The first-order valence-electron chi connectivity index (χ1n) is 11.7. The maximum Gasteiger partial charge on any atom is 0.264 e. The minimum Gasteiger partial charge on any atom is -0.507 e. The first kappa shape index (κ1) is 26.1. The lowest BCUT2D eigenvalue weighted by molar-refractivity contribution is -0.175. The van der Waals surface area contributed by atoms with Crippen LogP contribution in [0, 0.1) is 19.8 Å². The largest absolute Gasteiger partial charge is 0.507 e. The molecular weight excluding hydrogens is 454 g/mol. The van der Waals surface area contributed by atoms with Crippen LogP contribution in [0.5, 0.6) is 5.75 Å². The van der Waals surface area contributed by atoms with E-state index in [0.29, 0.717) is 30.3 Å². The molecule has 35 heavy (non-hydrogen) atoms. The highest BCUT2D eigenvalue weighted by Gasteiger charge is 2.44. The maximum atomic E-state index is 13.5. The number of nitrogens with one attached hydrogen (secondary N) is 1. The van der Waals surface area contributed by atoms with Gasteiger partial charge in [0.15, 0.2) is 5.78 Å². The summed E-state index contributed by atoms with van der Waals surface area (Å²) in [7, 11) is 0. The van der Waals surface area contributed by atoms with Crippen molar-refractivity contribution in [3.63, 3.8) is 0 Å². The fraction of sp³-hybridized carbons (Fsp3) is 0.520. The molecule has 0 aromatic heterocycles. The minimum atomic E-state index is -1.03. The average Bonchev–Trinajstić information content (AvgIpc) is 2.93. The van der Waals surface area contributed by atoms with Gasteiger partial charge in [0.25, 0.3) is 11.8 Å². The summed E-state index contributed by atoms with van der Waals surface area (Å²) in [6.07, 6.45) is 1.22. The van der Waals surface area contributed by atoms with Crippen molar-refractivity contribution < 1.29 is 33.9 Å². The number of carbonyl (C=O) groups excluding carboxylic acids is 6. The van der Waals surface area contributed by atoms with E-state index in [1.54, 1.807) is 13.8 Å². The summed E-state index contributed by atoms with van der Waals surface area (Å²) in [5, 5.41) is 15.1. The summed E-state index contributed by atoms with van der Waals surface area (Å²) in [6.45, 7) is 4.94. The Morgan fingerprint density at radius 3 is 2.40 bits per heavy atom. The number of aldehydes is 1. The number of fused-ring (bicyclic) bond motifs is 1. The van der Waals surface area contributed by atoms with E-state index in [4.69, 9.17) is 0 Å². The summed E-state index contributed by atoms with van der Waals surface area (Å²) < 4.78 is 0. The number of Topliss-reactive ketones (excluding diaryl/α,β-unsaturated/α-hetero) is 2. The Morgan fingerprint density at radius 1 is 1.14 bits per heavy atom. The first-order chi connectivity index (χ1) is 16.5. The van der Waals surface area contributed by atoms with Crippen molar-refractivity contribution in [2.24, 2.45) is 5.92 Å². The number of phenols is 1.